The fourth-order valence-corrected chi connectivity index (χ4v) is 1.23. The van der Waals surface area contributed by atoms with Crippen LogP contribution >= 0.6 is 0 Å². The number of hydrogen-bond donors (Lipinski definition) is 0. The minimum Gasteiger partial charge on any atom is -0.461 e. The monoisotopic (exact) mass is 190 g/mol. The molecule has 0 aliphatic rings. The first-order valence-electron chi connectivity index (χ1n) is 4.30. The van der Waals surface area contributed by atoms with E-state index in [0.717, 1.165) is 11.2 Å². The first-order valence-corrected chi connectivity index (χ1v) is 4.30. The first-order chi connectivity index (χ1) is 6.75. The van der Waals surface area contributed by atoms with Crippen LogP contribution in [0.3, 0.4) is 0 Å². The molecule has 2 rings (SSSR count). The fourth-order valence-electron chi connectivity index (χ4n) is 1.23. The van der Waals surface area contributed by atoms with Crippen LogP contribution in [0.15, 0.2) is 30.7 Å². The van der Waals surface area contributed by atoms with Gasteiger partial charge in [-0.25, -0.2) is 4.98 Å². The summed E-state index contributed by atoms with van der Waals surface area (Å²) in [5, 5.41) is 0. The molecule has 14 heavy (non-hydrogen) atoms. The predicted molar refractivity (Wildman–Crippen MR) is 50.7 cm³/mol. The number of fused-ring (bicyclic) bond motifs is 1. The molecule has 0 saturated carbocycles. The van der Waals surface area contributed by atoms with Gasteiger partial charge in [-0.15, -0.1) is 0 Å². The Morgan fingerprint density at radius 3 is 3.21 bits per heavy atom. The second-order valence-corrected chi connectivity index (χ2v) is 3.01. The Kier molecular flexibility index (Phi) is 2.18. The summed E-state index contributed by atoms with van der Waals surface area (Å²) in [6, 6.07) is 3.79. The maximum absolute atomic E-state index is 10.6. The van der Waals surface area contributed by atoms with E-state index in [9.17, 15) is 4.79 Å². The number of carbonyl (C=O) groups is 1. The number of imidazole rings is 1. The molecule has 0 spiro atoms. The highest BCUT2D eigenvalue weighted by molar-refractivity contribution is 5.65. The summed E-state index contributed by atoms with van der Waals surface area (Å²) in [5.41, 5.74) is 1.80. The van der Waals surface area contributed by atoms with E-state index in [4.69, 9.17) is 4.74 Å². The van der Waals surface area contributed by atoms with Crippen LogP contribution in [0.5, 0.6) is 0 Å². The van der Waals surface area contributed by atoms with E-state index in [2.05, 4.69) is 4.98 Å². The lowest BCUT2D eigenvalue weighted by Crippen LogP contribution is -1.99. The third-order valence-corrected chi connectivity index (χ3v) is 1.90. The average molecular weight is 190 g/mol. The highest BCUT2D eigenvalue weighted by Gasteiger charge is 1.98. The zero-order chi connectivity index (χ0) is 9.97. The van der Waals surface area contributed by atoms with E-state index >= 15 is 0 Å². The first kappa shape index (κ1) is 8.74. The van der Waals surface area contributed by atoms with Crippen molar-refractivity contribution >= 4 is 11.6 Å². The van der Waals surface area contributed by atoms with Crippen LogP contribution in [0, 0.1) is 0 Å². The van der Waals surface area contributed by atoms with Gasteiger partial charge in [-0.1, -0.05) is 0 Å². The van der Waals surface area contributed by atoms with Gasteiger partial charge in [0.05, 0.1) is 0 Å². The quantitative estimate of drug-likeness (QED) is 0.672. The summed E-state index contributed by atoms with van der Waals surface area (Å²) >= 11 is 0. The van der Waals surface area contributed by atoms with Gasteiger partial charge in [0.2, 0.25) is 0 Å². The van der Waals surface area contributed by atoms with Crippen molar-refractivity contribution in [2.45, 2.75) is 13.5 Å². The van der Waals surface area contributed by atoms with E-state index in [1.54, 1.807) is 6.20 Å². The van der Waals surface area contributed by atoms with Gasteiger partial charge in [-0.3, -0.25) is 4.79 Å². The highest BCUT2D eigenvalue weighted by atomic mass is 16.5. The predicted octanol–water partition coefficient (Wildman–Crippen LogP) is 1.40. The van der Waals surface area contributed by atoms with Gasteiger partial charge < -0.3 is 9.14 Å². The minimum atomic E-state index is -0.270. The van der Waals surface area contributed by atoms with Crippen molar-refractivity contribution in [2.75, 3.05) is 0 Å². The smallest absolute Gasteiger partial charge is 0.302 e. The lowest BCUT2D eigenvalue weighted by atomic mass is 10.3. The molecular formula is C10H10N2O2. The van der Waals surface area contributed by atoms with E-state index in [1.807, 2.05) is 28.9 Å². The largest absolute Gasteiger partial charge is 0.461 e. The number of aromatic nitrogens is 2. The van der Waals surface area contributed by atoms with Crippen molar-refractivity contribution in [3.05, 3.63) is 36.3 Å². The summed E-state index contributed by atoms with van der Waals surface area (Å²) in [7, 11) is 0. The zero-order valence-corrected chi connectivity index (χ0v) is 7.80. The topological polar surface area (TPSA) is 43.6 Å². The van der Waals surface area contributed by atoms with Crippen LogP contribution in [-0.4, -0.2) is 15.4 Å². The summed E-state index contributed by atoms with van der Waals surface area (Å²) in [4.78, 5) is 14.7. The van der Waals surface area contributed by atoms with Gasteiger partial charge >= 0.3 is 5.97 Å². The molecule has 2 aromatic rings. The summed E-state index contributed by atoms with van der Waals surface area (Å²) in [6.45, 7) is 1.70. The van der Waals surface area contributed by atoms with Gasteiger partial charge in [-0.2, -0.15) is 0 Å². The second-order valence-electron chi connectivity index (χ2n) is 3.01. The molecule has 0 N–H and O–H groups in total. The molecule has 2 heterocycles. The van der Waals surface area contributed by atoms with Crippen molar-refractivity contribution in [2.24, 2.45) is 0 Å². The molecule has 0 saturated heterocycles. The molecule has 0 aliphatic heterocycles. The third kappa shape index (κ3) is 1.74. The van der Waals surface area contributed by atoms with Crippen molar-refractivity contribution < 1.29 is 9.53 Å². The SMILES string of the molecule is CC(=O)OCc1ccn2ccnc2c1. The molecule has 0 unspecified atom stereocenters. The van der Waals surface area contributed by atoms with Gasteiger partial charge in [0, 0.05) is 25.5 Å². The van der Waals surface area contributed by atoms with Crippen LogP contribution < -0.4 is 0 Å². The lowest BCUT2D eigenvalue weighted by molar-refractivity contribution is -0.142. The maximum Gasteiger partial charge on any atom is 0.302 e. The highest BCUT2D eigenvalue weighted by Crippen LogP contribution is 2.06. The number of carbonyl (C=O) groups excluding carboxylic acids is 1. The number of hydrogen-bond acceptors (Lipinski definition) is 3. The normalized spacial score (nSPS) is 10.4. The van der Waals surface area contributed by atoms with E-state index in [1.165, 1.54) is 6.92 Å². The van der Waals surface area contributed by atoms with Gasteiger partial charge in [0.15, 0.2) is 0 Å². The van der Waals surface area contributed by atoms with Crippen molar-refractivity contribution in [1.82, 2.24) is 9.38 Å². The maximum atomic E-state index is 10.6. The molecule has 2 aromatic heterocycles. The van der Waals surface area contributed by atoms with E-state index in [-0.39, 0.29) is 5.97 Å². The molecule has 4 heteroatoms. The van der Waals surface area contributed by atoms with Crippen LogP contribution in [0.2, 0.25) is 0 Å². The Hall–Kier alpha value is -1.84. The standard InChI is InChI=1S/C10H10N2O2/c1-8(13)14-7-9-2-4-12-5-3-11-10(12)6-9/h2-6H,7H2,1H3. The van der Waals surface area contributed by atoms with E-state index in [0.29, 0.717) is 6.61 Å². The summed E-state index contributed by atoms with van der Waals surface area (Å²) in [6.07, 6.45) is 5.48. The number of ether oxygens (including phenoxy) is 1. The molecule has 72 valence electrons. The van der Waals surface area contributed by atoms with Crippen molar-refractivity contribution in [3.8, 4) is 0 Å². The Balaban J connectivity index is 2.21. The number of nitrogens with zero attached hydrogens (tertiary/aromatic N) is 2. The Morgan fingerprint density at radius 2 is 2.43 bits per heavy atom. The average Bonchev–Trinajstić information content (AvgIpc) is 2.61. The Labute approximate surface area is 81.1 Å². The van der Waals surface area contributed by atoms with Gasteiger partial charge in [0.1, 0.15) is 12.3 Å². The minimum absolute atomic E-state index is 0.270. The van der Waals surface area contributed by atoms with Crippen molar-refractivity contribution in [3.63, 3.8) is 0 Å². The van der Waals surface area contributed by atoms with E-state index < -0.39 is 0 Å². The van der Waals surface area contributed by atoms with Crippen LogP contribution in [-0.2, 0) is 16.1 Å². The molecule has 0 aliphatic carbocycles. The summed E-state index contributed by atoms with van der Waals surface area (Å²) < 4.78 is 6.78. The van der Waals surface area contributed by atoms with Gasteiger partial charge in [0.25, 0.3) is 0 Å². The molecule has 0 aromatic carbocycles. The summed E-state index contributed by atoms with van der Waals surface area (Å²) in [5.74, 6) is -0.270. The second kappa shape index (κ2) is 3.49. The molecule has 0 amide bonds. The number of pyridine rings is 1. The Bertz CT molecular complexity index is 462. The lowest BCUT2D eigenvalue weighted by Gasteiger charge is -2.02. The molecule has 0 atom stereocenters. The molecule has 0 radical (unpaired) electrons. The third-order valence-electron chi connectivity index (χ3n) is 1.90. The van der Waals surface area contributed by atoms with Crippen molar-refractivity contribution in [1.29, 1.82) is 0 Å². The molecule has 4 nitrogen and oxygen atoms in total. The van der Waals surface area contributed by atoms with Crippen LogP contribution in [0.4, 0.5) is 0 Å². The fraction of sp³-hybridized carbons (Fsp3) is 0.200. The number of esters is 1. The Morgan fingerprint density at radius 1 is 1.57 bits per heavy atom. The molecule has 0 bridgehead atoms. The molecular weight excluding hydrogens is 180 g/mol. The zero-order valence-electron chi connectivity index (χ0n) is 7.80. The van der Waals surface area contributed by atoms with Crippen LogP contribution in [0.25, 0.3) is 5.65 Å². The molecule has 0 fully saturated rings. The number of rotatable bonds is 2. The van der Waals surface area contributed by atoms with Gasteiger partial charge in [-0.05, 0) is 17.7 Å². The van der Waals surface area contributed by atoms with Crippen LogP contribution in [0.1, 0.15) is 12.5 Å².